The highest BCUT2D eigenvalue weighted by Crippen LogP contribution is 2.23. The number of hydrogen-bond acceptors (Lipinski definition) is 1. The number of aromatic carboxylic acids is 1. The predicted molar refractivity (Wildman–Crippen MR) is 50.4 cm³/mol. The monoisotopic (exact) mass is 246 g/mol. The molecule has 0 aliphatic carbocycles. The average Bonchev–Trinajstić information content (AvgIpc) is 2.04. The maximum absolute atomic E-state index is 13.4. The van der Waals surface area contributed by atoms with Gasteiger partial charge >= 0.3 is 5.97 Å². The highest BCUT2D eigenvalue weighted by Gasteiger charge is 2.15. The number of carbonyl (C=O) groups is 1. The van der Waals surface area contributed by atoms with Gasteiger partial charge in [0.25, 0.3) is 0 Å². The van der Waals surface area contributed by atoms with Crippen molar-refractivity contribution >= 4 is 21.9 Å². The van der Waals surface area contributed by atoms with E-state index in [9.17, 15) is 9.18 Å². The summed E-state index contributed by atoms with van der Waals surface area (Å²) >= 11 is 3.16. The Bertz CT molecular complexity index is 350. The number of rotatable bonds is 2. The Morgan fingerprint density at radius 3 is 2.69 bits per heavy atom. The quantitative estimate of drug-likeness (QED) is 0.872. The summed E-state index contributed by atoms with van der Waals surface area (Å²) in [4.78, 5) is 10.5. The highest BCUT2D eigenvalue weighted by molar-refractivity contribution is 9.10. The molecule has 0 bridgehead atoms. The topological polar surface area (TPSA) is 37.3 Å². The van der Waals surface area contributed by atoms with E-state index in [1.807, 2.05) is 0 Å². The van der Waals surface area contributed by atoms with Crippen molar-refractivity contribution in [1.29, 1.82) is 0 Å². The van der Waals surface area contributed by atoms with Crippen molar-refractivity contribution in [3.63, 3.8) is 0 Å². The molecule has 1 aromatic rings. The number of carboxylic acids is 1. The van der Waals surface area contributed by atoms with Gasteiger partial charge in [0.15, 0.2) is 0 Å². The third-order valence-corrected chi connectivity index (χ3v) is 2.51. The van der Waals surface area contributed by atoms with E-state index in [0.717, 1.165) is 0 Å². The first kappa shape index (κ1) is 10.2. The summed E-state index contributed by atoms with van der Waals surface area (Å²) < 4.78 is 14.0. The van der Waals surface area contributed by atoms with Crippen LogP contribution in [0.5, 0.6) is 0 Å². The minimum atomic E-state index is -1.24. The van der Waals surface area contributed by atoms with Crippen LogP contribution in [0.4, 0.5) is 4.39 Å². The summed E-state index contributed by atoms with van der Waals surface area (Å²) in [5, 5.41) is 8.62. The van der Waals surface area contributed by atoms with Crippen molar-refractivity contribution in [3.05, 3.63) is 33.5 Å². The van der Waals surface area contributed by atoms with Gasteiger partial charge in [-0.1, -0.05) is 22.9 Å². The second kappa shape index (κ2) is 3.87. The van der Waals surface area contributed by atoms with Crippen LogP contribution in [0.3, 0.4) is 0 Å². The van der Waals surface area contributed by atoms with E-state index >= 15 is 0 Å². The van der Waals surface area contributed by atoms with E-state index < -0.39 is 11.8 Å². The van der Waals surface area contributed by atoms with Crippen LogP contribution < -0.4 is 0 Å². The normalized spacial score (nSPS) is 10.1. The van der Waals surface area contributed by atoms with Crippen molar-refractivity contribution in [2.75, 3.05) is 0 Å². The van der Waals surface area contributed by atoms with E-state index in [1.54, 1.807) is 13.0 Å². The first-order valence-corrected chi connectivity index (χ1v) is 4.57. The first-order chi connectivity index (χ1) is 6.07. The number of hydrogen-bond donors (Lipinski definition) is 1. The molecule has 13 heavy (non-hydrogen) atoms. The lowest BCUT2D eigenvalue weighted by molar-refractivity contribution is 0.0691. The van der Waals surface area contributed by atoms with Crippen molar-refractivity contribution in [2.24, 2.45) is 0 Å². The lowest BCUT2D eigenvalue weighted by Gasteiger charge is -2.05. The van der Waals surface area contributed by atoms with Gasteiger partial charge in [0.05, 0.1) is 5.56 Å². The van der Waals surface area contributed by atoms with Gasteiger partial charge in [-0.2, -0.15) is 0 Å². The van der Waals surface area contributed by atoms with Gasteiger partial charge < -0.3 is 5.11 Å². The molecule has 0 spiro atoms. The van der Waals surface area contributed by atoms with Gasteiger partial charge in [-0.3, -0.25) is 0 Å². The van der Waals surface area contributed by atoms with Crippen LogP contribution in [0.2, 0.25) is 0 Å². The Morgan fingerprint density at radius 1 is 1.62 bits per heavy atom. The minimum absolute atomic E-state index is 0.278. The molecule has 0 aliphatic heterocycles. The molecule has 1 rings (SSSR count). The zero-order valence-electron chi connectivity index (χ0n) is 6.97. The second-order valence-corrected chi connectivity index (χ2v) is 3.40. The van der Waals surface area contributed by atoms with Gasteiger partial charge in [-0.25, -0.2) is 9.18 Å². The third-order valence-electron chi connectivity index (χ3n) is 1.77. The molecule has 0 aliphatic rings. The molecule has 0 heterocycles. The lowest BCUT2D eigenvalue weighted by Crippen LogP contribution is -2.03. The van der Waals surface area contributed by atoms with Crippen LogP contribution in [-0.2, 0) is 6.42 Å². The molecule has 2 nitrogen and oxygen atoms in total. The molecule has 0 saturated heterocycles. The highest BCUT2D eigenvalue weighted by atomic mass is 79.9. The molecule has 1 aromatic carbocycles. The maximum Gasteiger partial charge on any atom is 0.338 e. The largest absolute Gasteiger partial charge is 0.478 e. The van der Waals surface area contributed by atoms with Crippen LogP contribution in [0.1, 0.15) is 22.8 Å². The van der Waals surface area contributed by atoms with Gasteiger partial charge in [0.2, 0.25) is 0 Å². The summed E-state index contributed by atoms with van der Waals surface area (Å²) in [7, 11) is 0. The number of carboxylic acid groups (broad SMARTS) is 1. The fourth-order valence-corrected chi connectivity index (χ4v) is 1.67. The second-order valence-electron chi connectivity index (χ2n) is 2.55. The average molecular weight is 247 g/mol. The van der Waals surface area contributed by atoms with Crippen LogP contribution in [-0.4, -0.2) is 11.1 Å². The molecule has 0 atom stereocenters. The third kappa shape index (κ3) is 1.88. The molecule has 1 N–H and O–H groups in total. The number of benzene rings is 1. The fourth-order valence-electron chi connectivity index (χ4n) is 1.09. The smallest absolute Gasteiger partial charge is 0.338 e. The van der Waals surface area contributed by atoms with E-state index in [2.05, 4.69) is 15.9 Å². The molecule has 0 fully saturated rings. The standard InChI is InChI=1S/C9H8BrFO2/c1-2-5-7(10)4-3-6(8(5)11)9(12)13/h3-4H,2H2,1H3,(H,12,13). The number of halogens is 2. The molecule has 0 amide bonds. The van der Waals surface area contributed by atoms with Gasteiger partial charge in [-0.05, 0) is 18.6 Å². The molecular weight excluding hydrogens is 239 g/mol. The van der Waals surface area contributed by atoms with Crippen molar-refractivity contribution < 1.29 is 14.3 Å². The minimum Gasteiger partial charge on any atom is -0.478 e. The Morgan fingerprint density at radius 2 is 2.23 bits per heavy atom. The summed E-state index contributed by atoms with van der Waals surface area (Å²) in [6.45, 7) is 1.77. The first-order valence-electron chi connectivity index (χ1n) is 3.78. The molecule has 0 aromatic heterocycles. The predicted octanol–water partition coefficient (Wildman–Crippen LogP) is 2.85. The van der Waals surface area contributed by atoms with Crippen LogP contribution in [0.15, 0.2) is 16.6 Å². The van der Waals surface area contributed by atoms with E-state index in [-0.39, 0.29) is 5.56 Å². The summed E-state index contributed by atoms with van der Waals surface area (Å²) in [5.41, 5.74) is 0.125. The van der Waals surface area contributed by atoms with Gasteiger partial charge in [-0.15, -0.1) is 0 Å². The maximum atomic E-state index is 13.4. The van der Waals surface area contributed by atoms with E-state index in [4.69, 9.17) is 5.11 Å². The Balaban J connectivity index is 3.35. The van der Waals surface area contributed by atoms with E-state index in [1.165, 1.54) is 6.07 Å². The Hall–Kier alpha value is -0.900. The summed E-state index contributed by atoms with van der Waals surface area (Å²) in [6, 6.07) is 2.80. The molecular formula is C9H8BrFO2. The molecule has 0 unspecified atom stereocenters. The van der Waals surface area contributed by atoms with Crippen molar-refractivity contribution in [1.82, 2.24) is 0 Å². The molecule has 4 heteroatoms. The Labute approximate surface area is 83.5 Å². The molecule has 0 radical (unpaired) electrons. The molecule has 0 saturated carbocycles. The van der Waals surface area contributed by atoms with Crippen LogP contribution >= 0.6 is 15.9 Å². The van der Waals surface area contributed by atoms with Crippen LogP contribution in [0, 0.1) is 5.82 Å². The van der Waals surface area contributed by atoms with Crippen LogP contribution in [0.25, 0.3) is 0 Å². The summed E-state index contributed by atoms with van der Waals surface area (Å²) in [5.74, 6) is -1.89. The lowest BCUT2D eigenvalue weighted by atomic mass is 10.1. The molecule has 70 valence electrons. The van der Waals surface area contributed by atoms with Gasteiger partial charge in [0.1, 0.15) is 5.82 Å². The fraction of sp³-hybridized carbons (Fsp3) is 0.222. The summed E-state index contributed by atoms with van der Waals surface area (Å²) in [6.07, 6.45) is 0.466. The zero-order chi connectivity index (χ0) is 10.0. The van der Waals surface area contributed by atoms with Gasteiger partial charge in [0, 0.05) is 10.0 Å². The van der Waals surface area contributed by atoms with Crippen molar-refractivity contribution in [3.8, 4) is 0 Å². The van der Waals surface area contributed by atoms with E-state index in [0.29, 0.717) is 16.5 Å². The zero-order valence-corrected chi connectivity index (χ0v) is 8.56. The SMILES string of the molecule is CCc1c(Br)ccc(C(=O)O)c1F. The van der Waals surface area contributed by atoms with Crippen molar-refractivity contribution in [2.45, 2.75) is 13.3 Å². The Kier molecular flexibility index (Phi) is 3.03.